The summed E-state index contributed by atoms with van der Waals surface area (Å²) in [7, 11) is 1.30. The highest BCUT2D eigenvalue weighted by Crippen LogP contribution is 1.79. The van der Waals surface area contributed by atoms with Crippen LogP contribution in [0.25, 0.3) is 0 Å². The molecule has 0 fully saturated rings. The third-order valence-corrected chi connectivity index (χ3v) is 0.927. The molecule has 0 saturated heterocycles. The zero-order valence-corrected chi connectivity index (χ0v) is 7.03. The number of amides is 1. The van der Waals surface area contributed by atoms with E-state index in [0.717, 1.165) is 0 Å². The molecule has 4 nitrogen and oxygen atoms in total. The van der Waals surface area contributed by atoms with Gasteiger partial charge in [0.2, 0.25) is 5.91 Å². The molecule has 0 aliphatic heterocycles. The molecule has 0 aliphatic carbocycles. The van der Waals surface area contributed by atoms with E-state index in [1.54, 1.807) is 0 Å². The smallest absolute Gasteiger partial charge is 0.330 e. The van der Waals surface area contributed by atoms with Crippen molar-refractivity contribution in [1.29, 1.82) is 0 Å². The number of nitrogens with one attached hydrogen (secondary N) is 1. The van der Waals surface area contributed by atoms with E-state index in [0.29, 0.717) is 0 Å². The molecule has 0 bridgehead atoms. The molecular formula is C8H11NO3. The number of methoxy groups -OCH3 is 1. The van der Waals surface area contributed by atoms with E-state index < -0.39 is 5.97 Å². The van der Waals surface area contributed by atoms with E-state index in [1.807, 2.05) is 0 Å². The third kappa shape index (κ3) is 6.54. The van der Waals surface area contributed by atoms with Gasteiger partial charge in [0.25, 0.3) is 0 Å². The van der Waals surface area contributed by atoms with Gasteiger partial charge in [-0.3, -0.25) is 4.79 Å². The Morgan fingerprint density at radius 3 is 2.50 bits per heavy atom. The highest BCUT2D eigenvalue weighted by molar-refractivity contribution is 5.82. The van der Waals surface area contributed by atoms with Crippen molar-refractivity contribution in [2.75, 3.05) is 7.11 Å². The summed E-state index contributed by atoms with van der Waals surface area (Å²) in [5.74, 6) is -0.583. The minimum absolute atomic E-state index is 0.155. The van der Waals surface area contributed by atoms with Gasteiger partial charge in [0.15, 0.2) is 0 Å². The van der Waals surface area contributed by atoms with Crippen LogP contribution in [0.2, 0.25) is 0 Å². The monoisotopic (exact) mass is 169 g/mol. The van der Waals surface area contributed by atoms with E-state index in [-0.39, 0.29) is 5.91 Å². The molecule has 0 aliphatic rings. The lowest BCUT2D eigenvalue weighted by Gasteiger charge is -1.88. The third-order valence-electron chi connectivity index (χ3n) is 0.927. The first kappa shape index (κ1) is 10.4. The van der Waals surface area contributed by atoms with E-state index in [9.17, 15) is 9.59 Å². The molecule has 0 spiro atoms. The van der Waals surface area contributed by atoms with Crippen molar-refractivity contribution >= 4 is 11.9 Å². The van der Waals surface area contributed by atoms with Gasteiger partial charge in [-0.1, -0.05) is 6.08 Å². The van der Waals surface area contributed by atoms with Crippen molar-refractivity contribution < 1.29 is 14.3 Å². The standard InChI is InChI=1S/C8H11NO3/c1-7(10)9-6-4-3-5-8(11)12-2/h3-6H,1-2H3,(H,9,10)/b5-3-,6-4+. The largest absolute Gasteiger partial charge is 0.466 e. The highest BCUT2D eigenvalue weighted by atomic mass is 16.5. The maximum absolute atomic E-state index is 10.5. The molecule has 1 amide bonds. The zero-order valence-electron chi connectivity index (χ0n) is 7.03. The van der Waals surface area contributed by atoms with Gasteiger partial charge < -0.3 is 10.1 Å². The predicted octanol–water partition coefficient (Wildman–Crippen LogP) is 0.365. The number of esters is 1. The van der Waals surface area contributed by atoms with Crippen LogP contribution in [0.5, 0.6) is 0 Å². The van der Waals surface area contributed by atoms with E-state index in [2.05, 4.69) is 10.1 Å². The summed E-state index contributed by atoms with van der Waals surface area (Å²) in [4.78, 5) is 20.8. The van der Waals surface area contributed by atoms with Crippen LogP contribution >= 0.6 is 0 Å². The quantitative estimate of drug-likeness (QED) is 0.377. The first-order chi connectivity index (χ1) is 5.66. The Balaban J connectivity index is 3.66. The van der Waals surface area contributed by atoms with Crippen molar-refractivity contribution in [3.63, 3.8) is 0 Å². The molecule has 0 aromatic carbocycles. The number of hydrogen-bond donors (Lipinski definition) is 1. The Bertz CT molecular complexity index is 218. The fourth-order valence-corrected chi connectivity index (χ4v) is 0.423. The minimum Gasteiger partial charge on any atom is -0.466 e. The van der Waals surface area contributed by atoms with Crippen LogP contribution in [-0.2, 0) is 14.3 Å². The maximum atomic E-state index is 10.5. The molecule has 1 N–H and O–H groups in total. The molecule has 0 rings (SSSR count). The van der Waals surface area contributed by atoms with E-state index >= 15 is 0 Å². The van der Waals surface area contributed by atoms with Crippen LogP contribution in [0, 0.1) is 0 Å². The number of carbonyl (C=O) groups is 2. The Morgan fingerprint density at radius 2 is 2.00 bits per heavy atom. The second kappa shape index (κ2) is 6.15. The Labute approximate surface area is 70.9 Å². The van der Waals surface area contributed by atoms with Gasteiger partial charge in [-0.05, 0) is 6.08 Å². The summed E-state index contributed by atoms with van der Waals surface area (Å²) in [6.07, 6.45) is 5.68. The summed E-state index contributed by atoms with van der Waals surface area (Å²) < 4.78 is 4.33. The van der Waals surface area contributed by atoms with Crippen LogP contribution < -0.4 is 5.32 Å². The summed E-state index contributed by atoms with van der Waals surface area (Å²) in [5.41, 5.74) is 0. The van der Waals surface area contributed by atoms with Crippen molar-refractivity contribution in [3.05, 3.63) is 24.4 Å². The molecule has 12 heavy (non-hydrogen) atoms. The number of rotatable bonds is 3. The van der Waals surface area contributed by atoms with Crippen LogP contribution in [0.15, 0.2) is 24.4 Å². The van der Waals surface area contributed by atoms with Crippen LogP contribution in [0.3, 0.4) is 0 Å². The normalized spacial score (nSPS) is 10.5. The Hall–Kier alpha value is -1.58. The average molecular weight is 169 g/mol. The lowest BCUT2D eigenvalue weighted by Crippen LogP contribution is -2.10. The predicted molar refractivity (Wildman–Crippen MR) is 44.1 cm³/mol. The van der Waals surface area contributed by atoms with Gasteiger partial charge in [0.05, 0.1) is 7.11 Å². The highest BCUT2D eigenvalue weighted by Gasteiger charge is 1.86. The topological polar surface area (TPSA) is 55.4 Å². The van der Waals surface area contributed by atoms with Crippen LogP contribution in [0.1, 0.15) is 6.92 Å². The molecule has 0 radical (unpaired) electrons. The Morgan fingerprint density at radius 1 is 1.33 bits per heavy atom. The second-order valence-electron chi connectivity index (χ2n) is 1.94. The molecule has 0 aromatic heterocycles. The first-order valence-electron chi connectivity index (χ1n) is 3.35. The summed E-state index contributed by atoms with van der Waals surface area (Å²) in [5, 5.41) is 2.41. The summed E-state index contributed by atoms with van der Waals surface area (Å²) in [6.45, 7) is 1.40. The van der Waals surface area contributed by atoms with E-state index in [4.69, 9.17) is 0 Å². The molecule has 4 heteroatoms. The molecule has 66 valence electrons. The maximum Gasteiger partial charge on any atom is 0.330 e. The van der Waals surface area contributed by atoms with Crippen LogP contribution in [0.4, 0.5) is 0 Å². The van der Waals surface area contributed by atoms with Crippen LogP contribution in [-0.4, -0.2) is 19.0 Å². The fourth-order valence-electron chi connectivity index (χ4n) is 0.423. The van der Waals surface area contributed by atoms with E-state index in [1.165, 1.54) is 38.5 Å². The average Bonchev–Trinajstić information content (AvgIpc) is 2.03. The second-order valence-corrected chi connectivity index (χ2v) is 1.94. The number of carbonyl (C=O) groups excluding carboxylic acids is 2. The first-order valence-corrected chi connectivity index (χ1v) is 3.35. The Kier molecular flexibility index (Phi) is 5.34. The van der Waals surface area contributed by atoms with Crippen molar-refractivity contribution in [2.45, 2.75) is 6.92 Å². The van der Waals surface area contributed by atoms with Gasteiger partial charge in [-0.25, -0.2) is 4.79 Å². The van der Waals surface area contributed by atoms with Gasteiger partial charge in [0.1, 0.15) is 0 Å². The summed E-state index contributed by atoms with van der Waals surface area (Å²) in [6, 6.07) is 0. The molecule has 0 heterocycles. The number of allylic oxidation sites excluding steroid dienone is 2. The summed E-state index contributed by atoms with van der Waals surface area (Å²) >= 11 is 0. The lowest BCUT2D eigenvalue weighted by molar-refractivity contribution is -0.134. The van der Waals surface area contributed by atoms with Crippen molar-refractivity contribution in [2.24, 2.45) is 0 Å². The number of hydrogen-bond acceptors (Lipinski definition) is 3. The van der Waals surface area contributed by atoms with Gasteiger partial charge in [-0.2, -0.15) is 0 Å². The molecular weight excluding hydrogens is 158 g/mol. The number of ether oxygens (including phenoxy) is 1. The lowest BCUT2D eigenvalue weighted by atomic mass is 10.5. The molecule has 0 unspecified atom stereocenters. The molecule has 0 saturated carbocycles. The zero-order chi connectivity index (χ0) is 9.40. The van der Waals surface area contributed by atoms with Gasteiger partial charge in [-0.15, -0.1) is 0 Å². The fraction of sp³-hybridized carbons (Fsp3) is 0.250. The molecule has 0 aromatic rings. The van der Waals surface area contributed by atoms with Gasteiger partial charge >= 0.3 is 5.97 Å². The SMILES string of the molecule is COC(=O)/C=C\C=C\NC(C)=O. The van der Waals surface area contributed by atoms with Gasteiger partial charge in [0, 0.05) is 19.2 Å². The van der Waals surface area contributed by atoms with Crippen molar-refractivity contribution in [3.8, 4) is 0 Å². The minimum atomic E-state index is -0.428. The van der Waals surface area contributed by atoms with Crippen molar-refractivity contribution in [1.82, 2.24) is 5.32 Å². The molecule has 0 atom stereocenters.